The van der Waals surface area contributed by atoms with Crippen molar-refractivity contribution >= 4 is 11.8 Å². The average Bonchev–Trinajstić information content (AvgIpc) is 3.04. The highest BCUT2D eigenvalue weighted by Crippen LogP contribution is 2.51. The minimum Gasteiger partial charge on any atom is -0.362 e. The van der Waals surface area contributed by atoms with Gasteiger partial charge in [0.25, 0.3) is 0 Å². The molecule has 4 atom stereocenters. The van der Waals surface area contributed by atoms with Crippen LogP contribution in [0.15, 0.2) is 12.2 Å². The maximum atomic E-state index is 12.0. The number of fused-ring (bicyclic) bond motifs is 5. The van der Waals surface area contributed by atoms with Crippen LogP contribution in [0, 0.1) is 11.8 Å². The highest BCUT2D eigenvalue weighted by atomic mass is 16.5. The first kappa shape index (κ1) is 15.9. The fourth-order valence-corrected chi connectivity index (χ4v) is 3.02. The number of carbonyl (C=O) groups excluding carboxylic acids is 2. The average molecular weight is 267 g/mol. The summed E-state index contributed by atoms with van der Waals surface area (Å²) in [5.41, 5.74) is -0.550. The Morgan fingerprint density at radius 3 is 2.26 bits per heavy atom. The van der Waals surface area contributed by atoms with Crippen LogP contribution in [0.5, 0.6) is 0 Å². The molecule has 0 spiro atoms. The van der Waals surface area contributed by atoms with Crippen LogP contribution in [-0.2, 0) is 14.3 Å². The third-order valence-corrected chi connectivity index (χ3v) is 3.74. The van der Waals surface area contributed by atoms with Crippen molar-refractivity contribution in [3.05, 3.63) is 12.2 Å². The monoisotopic (exact) mass is 267 g/mol. The second-order valence-electron chi connectivity index (χ2n) is 4.55. The summed E-state index contributed by atoms with van der Waals surface area (Å²) in [4.78, 5) is 25.3. The van der Waals surface area contributed by atoms with E-state index >= 15 is 0 Å². The Hall–Kier alpha value is -1.16. The van der Waals surface area contributed by atoms with Crippen LogP contribution in [0.3, 0.4) is 0 Å². The van der Waals surface area contributed by atoms with Crippen molar-refractivity contribution in [2.75, 3.05) is 6.54 Å². The summed E-state index contributed by atoms with van der Waals surface area (Å²) in [6.07, 6.45) is 3.64. The van der Waals surface area contributed by atoms with Gasteiger partial charge in [0.1, 0.15) is 0 Å². The van der Waals surface area contributed by atoms with Crippen molar-refractivity contribution in [2.45, 2.75) is 53.2 Å². The molecule has 0 aromatic heterocycles. The fourth-order valence-electron chi connectivity index (χ4n) is 3.02. The third-order valence-electron chi connectivity index (χ3n) is 3.74. The van der Waals surface area contributed by atoms with E-state index in [1.165, 1.54) is 4.90 Å². The zero-order valence-corrected chi connectivity index (χ0v) is 12.8. The molecule has 0 radical (unpaired) electrons. The summed E-state index contributed by atoms with van der Waals surface area (Å²) in [7, 11) is 0. The van der Waals surface area contributed by atoms with Gasteiger partial charge in [0, 0.05) is 6.54 Å². The highest BCUT2D eigenvalue weighted by molar-refractivity contribution is 6.07. The van der Waals surface area contributed by atoms with E-state index in [0.717, 1.165) is 0 Å². The molecule has 0 N–H and O–H groups in total. The maximum absolute atomic E-state index is 12.0. The van der Waals surface area contributed by atoms with Crippen LogP contribution < -0.4 is 0 Å². The van der Waals surface area contributed by atoms with Gasteiger partial charge in [-0.1, -0.05) is 39.8 Å². The summed E-state index contributed by atoms with van der Waals surface area (Å²) in [6, 6.07) is 0. The smallest absolute Gasteiger partial charge is 0.236 e. The molecule has 4 unspecified atom stereocenters. The molecule has 0 saturated carbocycles. The molecule has 0 aromatic carbocycles. The lowest BCUT2D eigenvalue weighted by Gasteiger charge is -2.23. The van der Waals surface area contributed by atoms with Gasteiger partial charge in [0.2, 0.25) is 11.8 Å². The normalized spacial score (nSPS) is 37.6. The van der Waals surface area contributed by atoms with Crippen molar-refractivity contribution in [2.24, 2.45) is 11.8 Å². The van der Waals surface area contributed by atoms with Gasteiger partial charge < -0.3 is 4.74 Å². The number of ether oxygens (including phenoxy) is 1. The molecular formula is C15H25NO3. The van der Waals surface area contributed by atoms with Gasteiger partial charge in [-0.15, -0.1) is 0 Å². The van der Waals surface area contributed by atoms with Crippen LogP contribution in [0.1, 0.15) is 41.5 Å². The van der Waals surface area contributed by atoms with Crippen molar-refractivity contribution in [1.82, 2.24) is 4.90 Å². The predicted molar refractivity (Wildman–Crippen MR) is 74.5 cm³/mol. The topological polar surface area (TPSA) is 46.6 Å². The summed E-state index contributed by atoms with van der Waals surface area (Å²) in [5, 5.41) is 0. The quantitative estimate of drug-likeness (QED) is 0.541. The number of nitrogens with zero attached hydrogens (tertiary/aromatic N) is 1. The molecule has 3 rings (SSSR count). The number of amides is 2. The highest BCUT2D eigenvalue weighted by Gasteiger charge is 2.65. The largest absolute Gasteiger partial charge is 0.362 e. The first-order valence-corrected chi connectivity index (χ1v) is 7.31. The second-order valence-corrected chi connectivity index (χ2v) is 4.55. The first-order chi connectivity index (χ1) is 9.08. The van der Waals surface area contributed by atoms with Gasteiger partial charge in [0.05, 0.1) is 23.5 Å². The van der Waals surface area contributed by atoms with Crippen LogP contribution in [-0.4, -0.2) is 35.0 Å². The Morgan fingerprint density at radius 2 is 1.79 bits per heavy atom. The molecule has 3 heterocycles. The van der Waals surface area contributed by atoms with E-state index in [4.69, 9.17) is 4.74 Å². The van der Waals surface area contributed by atoms with E-state index in [1.807, 2.05) is 53.7 Å². The van der Waals surface area contributed by atoms with Gasteiger partial charge in [0.15, 0.2) is 0 Å². The van der Waals surface area contributed by atoms with Crippen molar-refractivity contribution in [3.63, 3.8) is 0 Å². The molecule has 0 aliphatic carbocycles. The van der Waals surface area contributed by atoms with Gasteiger partial charge in [-0.3, -0.25) is 14.5 Å². The van der Waals surface area contributed by atoms with Crippen LogP contribution >= 0.6 is 0 Å². The zero-order chi connectivity index (χ0) is 14.8. The summed E-state index contributed by atoms with van der Waals surface area (Å²) < 4.78 is 5.68. The van der Waals surface area contributed by atoms with Crippen LogP contribution in [0.4, 0.5) is 0 Å². The number of rotatable bonds is 1. The number of imide groups is 1. The Labute approximate surface area is 115 Å². The number of hydrogen-bond donors (Lipinski definition) is 0. The van der Waals surface area contributed by atoms with E-state index in [0.29, 0.717) is 6.54 Å². The summed E-state index contributed by atoms with van der Waals surface area (Å²) in [5.74, 6) is -0.695. The lowest BCUT2D eigenvalue weighted by atomic mass is 9.78. The first-order valence-electron chi connectivity index (χ1n) is 7.31. The van der Waals surface area contributed by atoms with E-state index in [2.05, 4.69) is 0 Å². The molecule has 108 valence electrons. The summed E-state index contributed by atoms with van der Waals surface area (Å²) in [6.45, 7) is 12.2. The lowest BCUT2D eigenvalue weighted by Crippen LogP contribution is -2.38. The molecule has 4 nitrogen and oxygen atoms in total. The van der Waals surface area contributed by atoms with Crippen LogP contribution in [0.25, 0.3) is 0 Å². The van der Waals surface area contributed by atoms with Crippen LogP contribution in [0.2, 0.25) is 0 Å². The molecule has 3 aliphatic heterocycles. The van der Waals surface area contributed by atoms with Gasteiger partial charge >= 0.3 is 0 Å². The van der Waals surface area contributed by atoms with Crippen molar-refractivity contribution < 1.29 is 14.3 Å². The van der Waals surface area contributed by atoms with Crippen molar-refractivity contribution in [3.8, 4) is 0 Å². The Balaban J connectivity index is 0.000000415. The predicted octanol–water partition coefficient (Wildman–Crippen LogP) is 2.39. The number of likely N-dealkylation sites (tertiary alicyclic amines) is 1. The molecule has 2 fully saturated rings. The van der Waals surface area contributed by atoms with Gasteiger partial charge in [-0.2, -0.15) is 0 Å². The standard InChI is InChI=1S/C11H13NO3.2C2H6/c1-3-12-9(13)7-6-4-5-11(2,15-6)8(7)10(12)14;2*1-2/h4-8H,3H2,1-2H3;2*1-2H3. The number of hydrogen-bond acceptors (Lipinski definition) is 3. The molecular weight excluding hydrogens is 242 g/mol. The maximum Gasteiger partial charge on any atom is 0.236 e. The van der Waals surface area contributed by atoms with E-state index in [9.17, 15) is 9.59 Å². The molecule has 4 heteroatoms. The Kier molecular flexibility index (Phi) is 4.91. The molecule has 2 bridgehead atoms. The van der Waals surface area contributed by atoms with E-state index in [1.54, 1.807) is 0 Å². The van der Waals surface area contributed by atoms with Gasteiger partial charge in [-0.05, 0) is 13.8 Å². The Bertz CT molecular complexity index is 391. The molecule has 2 amide bonds. The summed E-state index contributed by atoms with van der Waals surface area (Å²) >= 11 is 0. The molecule has 0 aromatic rings. The Morgan fingerprint density at radius 1 is 1.21 bits per heavy atom. The third kappa shape index (κ3) is 2.12. The second kappa shape index (κ2) is 5.87. The fraction of sp³-hybridized carbons (Fsp3) is 0.733. The molecule has 19 heavy (non-hydrogen) atoms. The minimum atomic E-state index is -0.550. The minimum absolute atomic E-state index is 0.0643. The number of carbonyl (C=O) groups is 2. The lowest BCUT2D eigenvalue weighted by molar-refractivity contribution is -0.143. The van der Waals surface area contributed by atoms with Crippen molar-refractivity contribution in [1.29, 1.82) is 0 Å². The molecule has 3 aliphatic rings. The van der Waals surface area contributed by atoms with E-state index in [-0.39, 0.29) is 29.8 Å². The van der Waals surface area contributed by atoms with Gasteiger partial charge in [-0.25, -0.2) is 0 Å². The zero-order valence-electron chi connectivity index (χ0n) is 12.8. The van der Waals surface area contributed by atoms with E-state index < -0.39 is 5.60 Å². The molecule has 2 saturated heterocycles. The SMILES string of the molecule is CC.CC.CCN1C(=O)C2C3C=CC(C)(O3)C2C1=O.